The fourth-order valence-corrected chi connectivity index (χ4v) is 1.28. The Bertz CT molecular complexity index is 235. The van der Waals surface area contributed by atoms with E-state index in [4.69, 9.17) is 5.73 Å². The molecular weight excluding hydrogens is 194 g/mol. The van der Waals surface area contributed by atoms with Crippen molar-refractivity contribution in [2.75, 3.05) is 13.1 Å². The highest BCUT2D eigenvalue weighted by molar-refractivity contribution is 5.86. The Morgan fingerprint density at radius 1 is 1.47 bits per heavy atom. The van der Waals surface area contributed by atoms with Crippen LogP contribution in [-0.2, 0) is 9.59 Å². The van der Waals surface area contributed by atoms with Crippen LogP contribution >= 0.6 is 0 Å². The zero-order chi connectivity index (χ0) is 11.3. The normalized spacial score (nSPS) is 16.9. The number of carbonyl (C=O) groups is 2. The van der Waals surface area contributed by atoms with Gasteiger partial charge in [0, 0.05) is 18.5 Å². The van der Waals surface area contributed by atoms with Crippen molar-refractivity contribution in [2.45, 2.75) is 32.2 Å². The molecule has 15 heavy (non-hydrogen) atoms. The molecule has 0 aromatic heterocycles. The fraction of sp³-hybridized carbons (Fsp3) is 0.800. The molecule has 0 heterocycles. The third-order valence-electron chi connectivity index (χ3n) is 2.51. The summed E-state index contributed by atoms with van der Waals surface area (Å²) >= 11 is 0. The molecule has 1 rings (SSSR count). The SMILES string of the molecule is CCC(CN)C(=O)NCC(=O)NC1CC1. The molecule has 0 radical (unpaired) electrons. The molecule has 4 N–H and O–H groups in total. The van der Waals surface area contributed by atoms with Crippen LogP contribution in [0.5, 0.6) is 0 Å². The van der Waals surface area contributed by atoms with Crippen LogP contribution in [0, 0.1) is 5.92 Å². The Morgan fingerprint density at radius 2 is 2.13 bits per heavy atom. The third kappa shape index (κ3) is 4.29. The minimum Gasteiger partial charge on any atom is -0.352 e. The summed E-state index contributed by atoms with van der Waals surface area (Å²) in [6.45, 7) is 2.29. The lowest BCUT2D eigenvalue weighted by molar-refractivity contribution is -0.128. The van der Waals surface area contributed by atoms with Crippen molar-refractivity contribution >= 4 is 11.8 Å². The molecule has 1 saturated carbocycles. The van der Waals surface area contributed by atoms with Gasteiger partial charge in [-0.25, -0.2) is 0 Å². The van der Waals surface area contributed by atoms with Crippen LogP contribution in [0.25, 0.3) is 0 Å². The second kappa shape index (κ2) is 5.70. The van der Waals surface area contributed by atoms with E-state index in [9.17, 15) is 9.59 Å². The molecule has 0 aromatic carbocycles. The number of rotatable bonds is 6. The fourth-order valence-electron chi connectivity index (χ4n) is 1.28. The lowest BCUT2D eigenvalue weighted by Gasteiger charge is -2.12. The van der Waals surface area contributed by atoms with Gasteiger partial charge in [-0.1, -0.05) is 6.92 Å². The van der Waals surface area contributed by atoms with Crippen molar-refractivity contribution in [3.63, 3.8) is 0 Å². The first-order valence-corrected chi connectivity index (χ1v) is 5.44. The number of nitrogens with one attached hydrogen (secondary N) is 2. The lowest BCUT2D eigenvalue weighted by atomic mass is 10.1. The maximum absolute atomic E-state index is 11.4. The molecule has 1 fully saturated rings. The average molecular weight is 213 g/mol. The Morgan fingerprint density at radius 3 is 2.60 bits per heavy atom. The highest BCUT2D eigenvalue weighted by atomic mass is 16.2. The molecule has 0 aromatic rings. The van der Waals surface area contributed by atoms with E-state index in [0.717, 1.165) is 12.8 Å². The van der Waals surface area contributed by atoms with Crippen LogP contribution in [0.15, 0.2) is 0 Å². The summed E-state index contributed by atoms with van der Waals surface area (Å²) in [6, 6.07) is 0.339. The second-order valence-corrected chi connectivity index (χ2v) is 3.90. The van der Waals surface area contributed by atoms with E-state index < -0.39 is 0 Å². The molecule has 0 aliphatic heterocycles. The Hall–Kier alpha value is -1.10. The van der Waals surface area contributed by atoms with Gasteiger partial charge in [-0.05, 0) is 19.3 Å². The molecule has 1 aliphatic carbocycles. The van der Waals surface area contributed by atoms with Crippen molar-refractivity contribution in [1.29, 1.82) is 0 Å². The van der Waals surface area contributed by atoms with E-state index in [2.05, 4.69) is 10.6 Å². The van der Waals surface area contributed by atoms with Crippen molar-refractivity contribution in [3.8, 4) is 0 Å². The van der Waals surface area contributed by atoms with Gasteiger partial charge < -0.3 is 16.4 Å². The first-order chi connectivity index (χ1) is 7.17. The van der Waals surface area contributed by atoms with E-state index in [1.54, 1.807) is 0 Å². The summed E-state index contributed by atoms with van der Waals surface area (Å²) in [4.78, 5) is 22.7. The topological polar surface area (TPSA) is 84.2 Å². The average Bonchev–Trinajstić information content (AvgIpc) is 3.00. The van der Waals surface area contributed by atoms with Crippen LogP contribution in [0.4, 0.5) is 0 Å². The summed E-state index contributed by atoms with van der Waals surface area (Å²) < 4.78 is 0. The molecule has 5 heteroatoms. The van der Waals surface area contributed by atoms with Crippen LogP contribution in [-0.4, -0.2) is 30.9 Å². The van der Waals surface area contributed by atoms with Crippen LogP contribution in [0.2, 0.25) is 0 Å². The largest absolute Gasteiger partial charge is 0.352 e. The highest BCUT2D eigenvalue weighted by Crippen LogP contribution is 2.18. The first-order valence-electron chi connectivity index (χ1n) is 5.44. The summed E-state index contributed by atoms with van der Waals surface area (Å²) in [5.74, 6) is -0.428. The van der Waals surface area contributed by atoms with Crippen LogP contribution in [0.3, 0.4) is 0 Å². The third-order valence-corrected chi connectivity index (χ3v) is 2.51. The molecule has 0 saturated heterocycles. The van der Waals surface area contributed by atoms with E-state index in [0.29, 0.717) is 19.0 Å². The van der Waals surface area contributed by atoms with Gasteiger partial charge in [0.2, 0.25) is 11.8 Å². The molecule has 1 aliphatic rings. The minimum absolute atomic E-state index is 0.0613. The van der Waals surface area contributed by atoms with Crippen LogP contribution < -0.4 is 16.4 Å². The van der Waals surface area contributed by atoms with Gasteiger partial charge in [0.15, 0.2) is 0 Å². The summed E-state index contributed by atoms with van der Waals surface area (Å²) in [7, 11) is 0. The standard InChI is InChI=1S/C10H19N3O2/c1-2-7(5-11)10(15)12-6-9(14)13-8-3-4-8/h7-8H,2-6,11H2,1H3,(H,12,15)(H,13,14). The minimum atomic E-state index is -0.182. The summed E-state index contributed by atoms with van der Waals surface area (Å²) in [5.41, 5.74) is 5.42. The first kappa shape index (κ1) is 12.0. The number of hydrogen-bond donors (Lipinski definition) is 3. The van der Waals surface area contributed by atoms with E-state index >= 15 is 0 Å². The van der Waals surface area contributed by atoms with Gasteiger partial charge >= 0.3 is 0 Å². The monoisotopic (exact) mass is 213 g/mol. The van der Waals surface area contributed by atoms with Crippen molar-refractivity contribution in [3.05, 3.63) is 0 Å². The lowest BCUT2D eigenvalue weighted by Crippen LogP contribution is -2.41. The van der Waals surface area contributed by atoms with Gasteiger partial charge in [0.1, 0.15) is 0 Å². The van der Waals surface area contributed by atoms with Crippen LogP contribution in [0.1, 0.15) is 26.2 Å². The predicted octanol–water partition coefficient (Wildman–Crippen LogP) is -0.634. The van der Waals surface area contributed by atoms with Gasteiger partial charge in [-0.15, -0.1) is 0 Å². The van der Waals surface area contributed by atoms with E-state index in [1.165, 1.54) is 0 Å². The maximum atomic E-state index is 11.4. The van der Waals surface area contributed by atoms with Crippen molar-refractivity contribution < 1.29 is 9.59 Å². The maximum Gasteiger partial charge on any atom is 0.239 e. The number of hydrogen-bond acceptors (Lipinski definition) is 3. The zero-order valence-electron chi connectivity index (χ0n) is 9.08. The van der Waals surface area contributed by atoms with Crippen molar-refractivity contribution in [2.24, 2.45) is 11.7 Å². The predicted molar refractivity (Wildman–Crippen MR) is 57.0 cm³/mol. The molecular formula is C10H19N3O2. The molecule has 86 valence electrons. The number of amides is 2. The molecule has 2 amide bonds. The molecule has 0 spiro atoms. The summed E-state index contributed by atoms with van der Waals surface area (Å²) in [6.07, 6.45) is 2.81. The highest BCUT2D eigenvalue weighted by Gasteiger charge is 2.23. The molecule has 0 bridgehead atoms. The van der Waals surface area contributed by atoms with Gasteiger partial charge in [-0.3, -0.25) is 9.59 Å². The zero-order valence-corrected chi connectivity index (χ0v) is 9.08. The quantitative estimate of drug-likeness (QED) is 0.549. The summed E-state index contributed by atoms with van der Waals surface area (Å²) in [5, 5.41) is 5.39. The van der Waals surface area contributed by atoms with Crippen molar-refractivity contribution in [1.82, 2.24) is 10.6 Å². The Kier molecular flexibility index (Phi) is 4.55. The van der Waals surface area contributed by atoms with E-state index in [1.807, 2.05) is 6.92 Å². The molecule has 1 unspecified atom stereocenters. The second-order valence-electron chi connectivity index (χ2n) is 3.90. The van der Waals surface area contributed by atoms with Gasteiger partial charge in [0.25, 0.3) is 0 Å². The van der Waals surface area contributed by atoms with Gasteiger partial charge in [0.05, 0.1) is 6.54 Å². The van der Waals surface area contributed by atoms with E-state index in [-0.39, 0.29) is 24.3 Å². The van der Waals surface area contributed by atoms with Gasteiger partial charge in [-0.2, -0.15) is 0 Å². The number of nitrogens with two attached hydrogens (primary N) is 1. The molecule has 1 atom stereocenters. The Balaban J connectivity index is 2.16. The molecule has 5 nitrogen and oxygen atoms in total. The Labute approximate surface area is 89.8 Å². The number of carbonyl (C=O) groups excluding carboxylic acids is 2. The smallest absolute Gasteiger partial charge is 0.239 e.